The molecular formula is C14H21ClN2O3. The van der Waals surface area contributed by atoms with Gasteiger partial charge in [-0.25, -0.2) is 0 Å². The number of nitrogens with one attached hydrogen (secondary N) is 1. The minimum Gasteiger partial charge on any atom is -0.454 e. The Kier molecular flexibility index (Phi) is 5.25. The summed E-state index contributed by atoms with van der Waals surface area (Å²) in [5.41, 5.74) is 6.53. The van der Waals surface area contributed by atoms with Gasteiger partial charge in [-0.05, 0) is 11.5 Å². The second-order valence-corrected chi connectivity index (χ2v) is 5.71. The normalized spacial score (nSPS) is 14.4. The summed E-state index contributed by atoms with van der Waals surface area (Å²) in [5.74, 6) is 1.25. The number of amides is 1. The number of para-hydroxylation sites is 1. The van der Waals surface area contributed by atoms with Gasteiger partial charge in [0.2, 0.25) is 12.7 Å². The second-order valence-electron chi connectivity index (χ2n) is 5.71. The summed E-state index contributed by atoms with van der Waals surface area (Å²) in [6, 6.07) is 5.07. The van der Waals surface area contributed by atoms with Crippen LogP contribution in [0.5, 0.6) is 11.5 Å². The fourth-order valence-electron chi connectivity index (χ4n) is 1.82. The van der Waals surface area contributed by atoms with Crippen LogP contribution in [0.4, 0.5) is 0 Å². The molecule has 0 aliphatic carbocycles. The molecule has 3 N–H and O–H groups in total. The van der Waals surface area contributed by atoms with E-state index in [1.165, 1.54) is 0 Å². The highest BCUT2D eigenvalue weighted by molar-refractivity contribution is 5.85. The number of carbonyl (C=O) groups is 1. The van der Waals surface area contributed by atoms with Gasteiger partial charge in [0, 0.05) is 12.1 Å². The smallest absolute Gasteiger partial charge is 0.237 e. The third-order valence-corrected chi connectivity index (χ3v) is 3.15. The summed E-state index contributed by atoms with van der Waals surface area (Å²) in [5, 5.41) is 2.84. The number of rotatable bonds is 3. The van der Waals surface area contributed by atoms with E-state index in [9.17, 15) is 4.79 Å². The van der Waals surface area contributed by atoms with Gasteiger partial charge in [-0.1, -0.05) is 32.9 Å². The molecule has 1 amide bonds. The highest BCUT2D eigenvalue weighted by atomic mass is 35.5. The fourth-order valence-corrected chi connectivity index (χ4v) is 1.82. The van der Waals surface area contributed by atoms with E-state index >= 15 is 0 Å². The molecule has 1 heterocycles. The molecule has 1 aromatic rings. The zero-order chi connectivity index (χ0) is 14.0. The lowest BCUT2D eigenvalue weighted by Gasteiger charge is -2.25. The van der Waals surface area contributed by atoms with Gasteiger partial charge in [0.1, 0.15) is 0 Å². The van der Waals surface area contributed by atoms with Crippen LogP contribution in [0.1, 0.15) is 26.3 Å². The average Bonchev–Trinajstić information content (AvgIpc) is 2.82. The predicted molar refractivity (Wildman–Crippen MR) is 79.1 cm³/mol. The van der Waals surface area contributed by atoms with Crippen LogP contribution in [0.2, 0.25) is 0 Å². The lowest BCUT2D eigenvalue weighted by Crippen LogP contribution is -2.48. The van der Waals surface area contributed by atoms with Gasteiger partial charge in [0.15, 0.2) is 11.5 Å². The molecule has 0 saturated heterocycles. The number of hydrogen-bond acceptors (Lipinski definition) is 4. The third-order valence-electron chi connectivity index (χ3n) is 3.15. The van der Waals surface area contributed by atoms with Crippen LogP contribution < -0.4 is 20.5 Å². The van der Waals surface area contributed by atoms with Gasteiger partial charge in [0.25, 0.3) is 0 Å². The Hall–Kier alpha value is -1.46. The van der Waals surface area contributed by atoms with E-state index in [-0.39, 0.29) is 30.5 Å². The standard InChI is InChI=1S/C14H20N2O3.ClH/c1-14(2,3)12(15)13(17)16-7-9-5-4-6-10-11(9)19-8-18-10;/h4-6,12H,7-8,15H2,1-3H3,(H,16,17);1H/t12-;/m1./s1. The van der Waals surface area contributed by atoms with Crippen LogP contribution in [0.25, 0.3) is 0 Å². The molecule has 0 fully saturated rings. The van der Waals surface area contributed by atoms with Crippen molar-refractivity contribution in [3.8, 4) is 11.5 Å². The summed E-state index contributed by atoms with van der Waals surface area (Å²) in [4.78, 5) is 12.0. The summed E-state index contributed by atoms with van der Waals surface area (Å²) in [6.45, 7) is 6.42. The monoisotopic (exact) mass is 300 g/mol. The first-order valence-electron chi connectivity index (χ1n) is 6.30. The minimum atomic E-state index is -0.540. The van der Waals surface area contributed by atoms with Crippen molar-refractivity contribution in [3.05, 3.63) is 23.8 Å². The highest BCUT2D eigenvalue weighted by Crippen LogP contribution is 2.35. The second kappa shape index (κ2) is 6.33. The lowest BCUT2D eigenvalue weighted by atomic mass is 9.87. The van der Waals surface area contributed by atoms with E-state index < -0.39 is 6.04 Å². The Morgan fingerprint density at radius 2 is 2.10 bits per heavy atom. The average molecular weight is 301 g/mol. The van der Waals surface area contributed by atoms with Crippen molar-refractivity contribution in [3.63, 3.8) is 0 Å². The summed E-state index contributed by atoms with van der Waals surface area (Å²) in [7, 11) is 0. The fraction of sp³-hybridized carbons (Fsp3) is 0.500. The van der Waals surface area contributed by atoms with Crippen LogP contribution in [0, 0.1) is 5.41 Å². The molecular weight excluding hydrogens is 280 g/mol. The largest absolute Gasteiger partial charge is 0.454 e. The molecule has 0 spiro atoms. The maximum absolute atomic E-state index is 12.0. The van der Waals surface area contributed by atoms with Crippen molar-refractivity contribution >= 4 is 18.3 Å². The molecule has 0 aromatic heterocycles. The Balaban J connectivity index is 0.00000200. The van der Waals surface area contributed by atoms with Crippen LogP contribution in [0.3, 0.4) is 0 Å². The molecule has 112 valence electrons. The van der Waals surface area contributed by atoms with E-state index in [0.717, 1.165) is 5.56 Å². The molecule has 6 heteroatoms. The van der Waals surface area contributed by atoms with E-state index in [4.69, 9.17) is 15.2 Å². The quantitative estimate of drug-likeness (QED) is 0.893. The minimum absolute atomic E-state index is 0. The number of hydrogen-bond donors (Lipinski definition) is 2. The predicted octanol–water partition coefficient (Wildman–Crippen LogP) is 1.83. The molecule has 1 atom stereocenters. The zero-order valence-corrected chi connectivity index (χ0v) is 12.8. The van der Waals surface area contributed by atoms with Crippen molar-refractivity contribution in [2.45, 2.75) is 33.4 Å². The Bertz CT molecular complexity index is 486. The van der Waals surface area contributed by atoms with E-state index in [1.54, 1.807) is 0 Å². The molecule has 1 aliphatic heterocycles. The van der Waals surface area contributed by atoms with Gasteiger partial charge < -0.3 is 20.5 Å². The van der Waals surface area contributed by atoms with E-state index in [1.807, 2.05) is 39.0 Å². The van der Waals surface area contributed by atoms with Gasteiger partial charge in [-0.15, -0.1) is 12.4 Å². The number of benzene rings is 1. The van der Waals surface area contributed by atoms with Gasteiger partial charge in [-0.3, -0.25) is 4.79 Å². The molecule has 0 radical (unpaired) electrons. The maximum atomic E-state index is 12.0. The van der Waals surface area contributed by atoms with E-state index in [2.05, 4.69) is 5.32 Å². The Morgan fingerprint density at radius 3 is 2.75 bits per heavy atom. The van der Waals surface area contributed by atoms with E-state index in [0.29, 0.717) is 18.0 Å². The zero-order valence-electron chi connectivity index (χ0n) is 11.9. The molecule has 0 unspecified atom stereocenters. The topological polar surface area (TPSA) is 73.6 Å². The summed E-state index contributed by atoms with van der Waals surface area (Å²) in [6.07, 6.45) is 0. The third kappa shape index (κ3) is 3.55. The van der Waals surface area contributed by atoms with Crippen molar-refractivity contribution in [1.29, 1.82) is 0 Å². The number of nitrogens with two attached hydrogens (primary N) is 1. The van der Waals surface area contributed by atoms with Crippen molar-refractivity contribution in [2.24, 2.45) is 11.1 Å². The molecule has 0 bridgehead atoms. The Morgan fingerprint density at radius 1 is 1.40 bits per heavy atom. The first kappa shape index (κ1) is 16.6. The first-order chi connectivity index (χ1) is 8.89. The van der Waals surface area contributed by atoms with Crippen LogP contribution >= 0.6 is 12.4 Å². The molecule has 5 nitrogen and oxygen atoms in total. The first-order valence-corrected chi connectivity index (χ1v) is 6.30. The Labute approximate surface area is 125 Å². The number of halogens is 1. The SMILES string of the molecule is CC(C)(C)[C@H](N)C(=O)NCc1cccc2c1OCO2.Cl. The number of ether oxygens (including phenoxy) is 2. The maximum Gasteiger partial charge on any atom is 0.237 e. The number of carbonyl (C=O) groups excluding carboxylic acids is 1. The van der Waals surface area contributed by atoms with Crippen LogP contribution in [0.15, 0.2) is 18.2 Å². The summed E-state index contributed by atoms with van der Waals surface area (Å²) < 4.78 is 10.7. The molecule has 2 rings (SSSR count). The van der Waals surface area contributed by atoms with Crippen molar-refractivity contribution in [2.75, 3.05) is 6.79 Å². The molecule has 1 aliphatic rings. The van der Waals surface area contributed by atoms with Crippen molar-refractivity contribution < 1.29 is 14.3 Å². The molecule has 1 aromatic carbocycles. The number of fused-ring (bicyclic) bond motifs is 1. The van der Waals surface area contributed by atoms with Gasteiger partial charge in [0.05, 0.1) is 6.04 Å². The lowest BCUT2D eigenvalue weighted by molar-refractivity contribution is -0.124. The molecule has 0 saturated carbocycles. The summed E-state index contributed by atoms with van der Waals surface area (Å²) >= 11 is 0. The van der Waals surface area contributed by atoms with Crippen LogP contribution in [-0.4, -0.2) is 18.7 Å². The van der Waals surface area contributed by atoms with Crippen molar-refractivity contribution in [1.82, 2.24) is 5.32 Å². The van der Waals surface area contributed by atoms with Crippen LogP contribution in [-0.2, 0) is 11.3 Å². The van der Waals surface area contributed by atoms with Gasteiger partial charge in [-0.2, -0.15) is 0 Å². The van der Waals surface area contributed by atoms with Gasteiger partial charge >= 0.3 is 0 Å². The molecule has 20 heavy (non-hydrogen) atoms. The highest BCUT2D eigenvalue weighted by Gasteiger charge is 2.27.